The highest BCUT2D eigenvalue weighted by Crippen LogP contribution is 2.16. The summed E-state index contributed by atoms with van der Waals surface area (Å²) in [6, 6.07) is 0.779. The summed E-state index contributed by atoms with van der Waals surface area (Å²) < 4.78 is 5.41. The number of hydrogen-bond acceptors (Lipinski definition) is 3. The van der Waals surface area contributed by atoms with Crippen LogP contribution in [0.4, 0.5) is 0 Å². The zero-order valence-corrected chi connectivity index (χ0v) is 11.3. The topological polar surface area (TPSA) is 24.5 Å². The van der Waals surface area contributed by atoms with Gasteiger partial charge in [-0.1, -0.05) is 6.42 Å². The number of hydrogen-bond donors (Lipinski definition) is 1. The summed E-state index contributed by atoms with van der Waals surface area (Å²) >= 11 is 0. The highest BCUT2D eigenvalue weighted by molar-refractivity contribution is 4.74. The van der Waals surface area contributed by atoms with E-state index in [9.17, 15) is 0 Å². The lowest BCUT2D eigenvalue weighted by Crippen LogP contribution is -2.38. The van der Waals surface area contributed by atoms with E-state index in [2.05, 4.69) is 17.3 Å². The van der Waals surface area contributed by atoms with Gasteiger partial charge in [-0.3, -0.25) is 0 Å². The van der Waals surface area contributed by atoms with Gasteiger partial charge in [0.05, 0.1) is 0 Å². The Labute approximate surface area is 106 Å². The predicted octanol–water partition coefficient (Wildman–Crippen LogP) is 1.88. The third-order valence-electron chi connectivity index (χ3n) is 4.18. The molecule has 0 amide bonds. The van der Waals surface area contributed by atoms with E-state index in [1.807, 2.05) is 0 Å². The molecule has 2 heterocycles. The van der Waals surface area contributed by atoms with Crippen molar-refractivity contribution in [2.45, 2.75) is 44.6 Å². The van der Waals surface area contributed by atoms with Gasteiger partial charge in [0.25, 0.3) is 0 Å². The van der Waals surface area contributed by atoms with E-state index < -0.39 is 0 Å². The molecular formula is C14H28N2O. The standard InChI is InChI=1S/C14H28N2O/c1-16(12-13-6-10-17-11-7-13)9-5-14-4-2-3-8-15-14/h13-15H,2-12H2,1H3/t14-/m1/s1. The minimum Gasteiger partial charge on any atom is -0.381 e. The van der Waals surface area contributed by atoms with Crippen LogP contribution < -0.4 is 5.32 Å². The van der Waals surface area contributed by atoms with E-state index in [1.54, 1.807) is 0 Å². The van der Waals surface area contributed by atoms with E-state index >= 15 is 0 Å². The Morgan fingerprint density at radius 3 is 2.71 bits per heavy atom. The second kappa shape index (κ2) is 7.34. The summed E-state index contributed by atoms with van der Waals surface area (Å²) in [7, 11) is 2.28. The lowest BCUT2D eigenvalue weighted by molar-refractivity contribution is 0.0552. The van der Waals surface area contributed by atoms with E-state index in [0.717, 1.165) is 25.2 Å². The maximum absolute atomic E-state index is 5.41. The Morgan fingerprint density at radius 1 is 1.18 bits per heavy atom. The fourth-order valence-electron chi connectivity index (χ4n) is 3.01. The Hall–Kier alpha value is -0.120. The third-order valence-corrected chi connectivity index (χ3v) is 4.18. The molecule has 3 nitrogen and oxygen atoms in total. The molecule has 2 aliphatic heterocycles. The molecule has 3 heteroatoms. The molecule has 0 saturated carbocycles. The molecule has 0 spiro atoms. The summed E-state index contributed by atoms with van der Waals surface area (Å²) in [5, 5.41) is 3.63. The lowest BCUT2D eigenvalue weighted by Gasteiger charge is -2.29. The minimum atomic E-state index is 0.779. The zero-order chi connectivity index (χ0) is 11.9. The average molecular weight is 240 g/mol. The van der Waals surface area contributed by atoms with Crippen molar-refractivity contribution in [3.8, 4) is 0 Å². The summed E-state index contributed by atoms with van der Waals surface area (Å²) in [6.45, 7) is 5.69. The van der Waals surface area contributed by atoms with E-state index in [0.29, 0.717) is 0 Å². The molecular weight excluding hydrogens is 212 g/mol. The van der Waals surface area contributed by atoms with Crippen LogP contribution in [0.15, 0.2) is 0 Å². The smallest absolute Gasteiger partial charge is 0.0469 e. The first-order valence-corrected chi connectivity index (χ1v) is 7.34. The van der Waals surface area contributed by atoms with Gasteiger partial charge in [0.15, 0.2) is 0 Å². The number of nitrogens with zero attached hydrogens (tertiary/aromatic N) is 1. The van der Waals surface area contributed by atoms with Crippen LogP contribution in [0.1, 0.15) is 38.5 Å². The van der Waals surface area contributed by atoms with Crippen LogP contribution in [0.3, 0.4) is 0 Å². The fourth-order valence-corrected chi connectivity index (χ4v) is 3.01. The molecule has 2 rings (SSSR count). The second-order valence-electron chi connectivity index (χ2n) is 5.75. The largest absolute Gasteiger partial charge is 0.381 e. The molecule has 1 atom stereocenters. The van der Waals surface area contributed by atoms with Gasteiger partial charge in [0.1, 0.15) is 0 Å². The van der Waals surface area contributed by atoms with Crippen LogP contribution in [0.5, 0.6) is 0 Å². The van der Waals surface area contributed by atoms with Crippen LogP contribution >= 0.6 is 0 Å². The number of rotatable bonds is 5. The van der Waals surface area contributed by atoms with Crippen molar-refractivity contribution in [1.29, 1.82) is 0 Å². The lowest BCUT2D eigenvalue weighted by atomic mass is 9.99. The Balaban J connectivity index is 1.57. The summed E-state index contributed by atoms with van der Waals surface area (Å²) in [4.78, 5) is 2.52. The summed E-state index contributed by atoms with van der Waals surface area (Å²) in [5.74, 6) is 0.869. The van der Waals surface area contributed by atoms with E-state index in [1.165, 1.54) is 58.2 Å². The molecule has 0 radical (unpaired) electrons. The van der Waals surface area contributed by atoms with Gasteiger partial charge < -0.3 is 15.0 Å². The Bertz CT molecular complexity index is 198. The van der Waals surface area contributed by atoms with Gasteiger partial charge in [-0.15, -0.1) is 0 Å². The number of piperidine rings is 1. The van der Waals surface area contributed by atoms with Crippen LogP contribution in [0, 0.1) is 5.92 Å². The SMILES string of the molecule is CN(CC[C@H]1CCCCN1)CC1CCOCC1. The Morgan fingerprint density at radius 2 is 2.00 bits per heavy atom. The third kappa shape index (κ3) is 4.94. The highest BCUT2D eigenvalue weighted by Gasteiger charge is 2.17. The second-order valence-corrected chi connectivity index (χ2v) is 5.75. The molecule has 0 unspecified atom stereocenters. The molecule has 2 aliphatic rings. The van der Waals surface area contributed by atoms with Crippen molar-refractivity contribution < 1.29 is 4.74 Å². The molecule has 100 valence electrons. The fraction of sp³-hybridized carbons (Fsp3) is 1.00. The van der Waals surface area contributed by atoms with Crippen LogP contribution in [-0.4, -0.2) is 50.8 Å². The van der Waals surface area contributed by atoms with Crippen LogP contribution in [0.25, 0.3) is 0 Å². The molecule has 2 saturated heterocycles. The van der Waals surface area contributed by atoms with Gasteiger partial charge in [-0.2, -0.15) is 0 Å². The maximum Gasteiger partial charge on any atom is 0.0469 e. The Kier molecular flexibility index (Phi) is 5.75. The molecule has 0 aromatic rings. The van der Waals surface area contributed by atoms with E-state index in [-0.39, 0.29) is 0 Å². The van der Waals surface area contributed by atoms with Crippen LogP contribution in [-0.2, 0) is 4.74 Å². The molecule has 0 aliphatic carbocycles. The van der Waals surface area contributed by atoms with Gasteiger partial charge in [0, 0.05) is 25.8 Å². The maximum atomic E-state index is 5.41. The normalized spacial score (nSPS) is 27.5. The molecule has 0 aromatic heterocycles. The van der Waals surface area contributed by atoms with E-state index in [4.69, 9.17) is 4.74 Å². The van der Waals surface area contributed by atoms with Crippen molar-refractivity contribution >= 4 is 0 Å². The predicted molar refractivity (Wildman–Crippen MR) is 71.3 cm³/mol. The number of nitrogens with one attached hydrogen (secondary N) is 1. The van der Waals surface area contributed by atoms with Crippen molar-refractivity contribution in [2.24, 2.45) is 5.92 Å². The van der Waals surface area contributed by atoms with Crippen LogP contribution in [0.2, 0.25) is 0 Å². The summed E-state index contributed by atoms with van der Waals surface area (Å²) in [5.41, 5.74) is 0. The van der Waals surface area contributed by atoms with Crippen molar-refractivity contribution in [3.63, 3.8) is 0 Å². The monoisotopic (exact) mass is 240 g/mol. The molecule has 0 bridgehead atoms. The van der Waals surface area contributed by atoms with Gasteiger partial charge in [0.2, 0.25) is 0 Å². The van der Waals surface area contributed by atoms with Gasteiger partial charge in [-0.25, -0.2) is 0 Å². The molecule has 17 heavy (non-hydrogen) atoms. The molecule has 2 fully saturated rings. The molecule has 1 N–H and O–H groups in total. The van der Waals surface area contributed by atoms with Crippen molar-refractivity contribution in [3.05, 3.63) is 0 Å². The molecule has 0 aromatic carbocycles. The quantitative estimate of drug-likeness (QED) is 0.794. The van der Waals surface area contributed by atoms with Crippen molar-refractivity contribution in [2.75, 3.05) is 39.9 Å². The van der Waals surface area contributed by atoms with Gasteiger partial charge in [-0.05, 0) is 58.2 Å². The highest BCUT2D eigenvalue weighted by atomic mass is 16.5. The summed E-state index contributed by atoms with van der Waals surface area (Å²) in [6.07, 6.45) is 8.00. The van der Waals surface area contributed by atoms with Gasteiger partial charge >= 0.3 is 0 Å². The number of ether oxygens (including phenoxy) is 1. The first-order chi connectivity index (χ1) is 8.34. The zero-order valence-electron chi connectivity index (χ0n) is 11.3. The van der Waals surface area contributed by atoms with Crippen molar-refractivity contribution in [1.82, 2.24) is 10.2 Å². The average Bonchev–Trinajstić information content (AvgIpc) is 2.39. The minimum absolute atomic E-state index is 0.779. The first kappa shape index (κ1) is 13.3. The first-order valence-electron chi connectivity index (χ1n) is 7.34.